The van der Waals surface area contributed by atoms with Crippen molar-refractivity contribution in [3.63, 3.8) is 0 Å². The molecule has 6 nitrogen and oxygen atoms in total. The summed E-state index contributed by atoms with van der Waals surface area (Å²) in [4.78, 5) is 11.9. The molecule has 0 aliphatic heterocycles. The summed E-state index contributed by atoms with van der Waals surface area (Å²) in [6, 6.07) is 16.6. The first-order valence-electron chi connectivity index (χ1n) is 7.87. The highest BCUT2D eigenvalue weighted by molar-refractivity contribution is 7.99. The van der Waals surface area contributed by atoms with Crippen LogP contribution in [0.5, 0.6) is 5.75 Å². The number of amides is 1. The van der Waals surface area contributed by atoms with Crippen molar-refractivity contribution in [2.45, 2.75) is 5.22 Å². The zero-order chi connectivity index (χ0) is 18.2. The topological polar surface area (TPSA) is 77.2 Å². The van der Waals surface area contributed by atoms with E-state index in [2.05, 4.69) is 15.5 Å². The number of hydrogen-bond donors (Lipinski definition) is 1. The first kappa shape index (κ1) is 18.3. The van der Waals surface area contributed by atoms with Crippen molar-refractivity contribution in [3.05, 3.63) is 59.6 Å². The predicted octanol–water partition coefficient (Wildman–Crippen LogP) is 3.68. The number of halogens is 1. The lowest BCUT2D eigenvalue weighted by molar-refractivity contribution is -0.118. The summed E-state index contributed by atoms with van der Waals surface area (Å²) in [6.45, 7) is 0.825. The summed E-state index contributed by atoms with van der Waals surface area (Å²) in [6.07, 6.45) is 0. The van der Waals surface area contributed by atoms with E-state index in [1.165, 1.54) is 11.8 Å². The second-order valence-corrected chi connectivity index (χ2v) is 6.55. The van der Waals surface area contributed by atoms with E-state index in [-0.39, 0.29) is 11.7 Å². The molecule has 8 heteroatoms. The average Bonchev–Trinajstić information content (AvgIpc) is 3.14. The summed E-state index contributed by atoms with van der Waals surface area (Å²) in [5.41, 5.74) is 0.736. The number of rotatable bonds is 8. The highest BCUT2D eigenvalue weighted by Crippen LogP contribution is 2.24. The molecular formula is C18H16ClN3O3S. The summed E-state index contributed by atoms with van der Waals surface area (Å²) in [5, 5.41) is 11.6. The van der Waals surface area contributed by atoms with Crippen molar-refractivity contribution >= 4 is 29.3 Å². The molecule has 0 bridgehead atoms. The smallest absolute Gasteiger partial charge is 0.277 e. The van der Waals surface area contributed by atoms with Crippen LogP contribution < -0.4 is 10.1 Å². The number of aromatic nitrogens is 2. The third-order valence-electron chi connectivity index (χ3n) is 3.24. The molecule has 1 heterocycles. The summed E-state index contributed by atoms with van der Waals surface area (Å²) < 4.78 is 11.0. The molecule has 2 aromatic carbocycles. The molecule has 0 saturated heterocycles. The predicted molar refractivity (Wildman–Crippen MR) is 100 cm³/mol. The maximum atomic E-state index is 11.9. The van der Waals surface area contributed by atoms with E-state index in [1.807, 2.05) is 36.4 Å². The van der Waals surface area contributed by atoms with Gasteiger partial charge >= 0.3 is 0 Å². The first-order chi connectivity index (χ1) is 12.7. The second-order valence-electron chi connectivity index (χ2n) is 5.18. The molecule has 1 amide bonds. The minimum absolute atomic E-state index is 0.130. The number of ether oxygens (including phenoxy) is 1. The van der Waals surface area contributed by atoms with Crippen LogP contribution >= 0.6 is 23.4 Å². The van der Waals surface area contributed by atoms with Gasteiger partial charge in [-0.3, -0.25) is 4.79 Å². The Balaban J connectivity index is 1.39. The van der Waals surface area contributed by atoms with Crippen LogP contribution in [0.3, 0.4) is 0 Å². The van der Waals surface area contributed by atoms with Gasteiger partial charge in [-0.2, -0.15) is 0 Å². The fourth-order valence-electron chi connectivity index (χ4n) is 2.06. The van der Waals surface area contributed by atoms with Crippen LogP contribution in [0.15, 0.2) is 64.2 Å². The lowest BCUT2D eigenvalue weighted by Gasteiger charge is -2.06. The normalized spacial score (nSPS) is 10.5. The third-order valence-corrected chi connectivity index (χ3v) is 4.29. The van der Waals surface area contributed by atoms with Crippen LogP contribution in [0.25, 0.3) is 11.5 Å². The summed E-state index contributed by atoms with van der Waals surface area (Å²) in [7, 11) is 0. The highest BCUT2D eigenvalue weighted by atomic mass is 35.5. The van der Waals surface area contributed by atoms with Gasteiger partial charge in [0.25, 0.3) is 5.22 Å². The van der Waals surface area contributed by atoms with Crippen molar-refractivity contribution in [2.75, 3.05) is 18.9 Å². The fraction of sp³-hybridized carbons (Fsp3) is 0.167. The largest absolute Gasteiger partial charge is 0.492 e. The average molecular weight is 390 g/mol. The Hall–Kier alpha value is -2.51. The number of benzene rings is 2. The van der Waals surface area contributed by atoms with Gasteiger partial charge < -0.3 is 14.5 Å². The first-order valence-corrected chi connectivity index (χ1v) is 9.24. The molecule has 0 aliphatic rings. The van der Waals surface area contributed by atoms with E-state index in [0.29, 0.717) is 29.3 Å². The third kappa shape index (κ3) is 5.50. The van der Waals surface area contributed by atoms with Gasteiger partial charge in [0.05, 0.1) is 12.3 Å². The van der Waals surface area contributed by atoms with Crippen LogP contribution in [0.4, 0.5) is 0 Å². The number of hydrogen-bond acceptors (Lipinski definition) is 6. The molecule has 134 valence electrons. The van der Waals surface area contributed by atoms with Gasteiger partial charge in [-0.1, -0.05) is 47.6 Å². The monoisotopic (exact) mass is 389 g/mol. The fourth-order valence-corrected chi connectivity index (χ4v) is 2.84. The van der Waals surface area contributed by atoms with Crippen molar-refractivity contribution in [2.24, 2.45) is 0 Å². The molecule has 1 N–H and O–H groups in total. The number of carbonyl (C=O) groups is 1. The molecule has 1 aromatic heterocycles. The van der Waals surface area contributed by atoms with Gasteiger partial charge in [-0.25, -0.2) is 0 Å². The standard InChI is InChI=1S/C18H16ClN3O3S/c19-14-6-4-5-13(11-14)17-21-22-18(25-17)26-12-16(23)20-9-10-24-15-7-2-1-3-8-15/h1-8,11H,9-10,12H2,(H,20,23). The second kappa shape index (κ2) is 9.26. The molecule has 26 heavy (non-hydrogen) atoms. The number of nitrogens with one attached hydrogen (secondary N) is 1. The number of nitrogens with zero attached hydrogens (tertiary/aromatic N) is 2. The molecule has 0 spiro atoms. The van der Waals surface area contributed by atoms with E-state index in [1.54, 1.807) is 18.2 Å². The van der Waals surface area contributed by atoms with Crippen molar-refractivity contribution in [3.8, 4) is 17.2 Å². The molecular weight excluding hydrogens is 374 g/mol. The van der Waals surface area contributed by atoms with Gasteiger partial charge in [0.2, 0.25) is 11.8 Å². The summed E-state index contributed by atoms with van der Waals surface area (Å²) >= 11 is 7.12. The Kier molecular flexibility index (Phi) is 6.51. The van der Waals surface area contributed by atoms with Crippen molar-refractivity contribution in [1.82, 2.24) is 15.5 Å². The van der Waals surface area contributed by atoms with Gasteiger partial charge in [0, 0.05) is 10.6 Å². The number of thioether (sulfide) groups is 1. The van der Waals surface area contributed by atoms with Crippen LogP contribution in [0, 0.1) is 0 Å². The lowest BCUT2D eigenvalue weighted by Crippen LogP contribution is -2.29. The Bertz CT molecular complexity index is 858. The van der Waals surface area contributed by atoms with E-state index in [4.69, 9.17) is 20.8 Å². The van der Waals surface area contributed by atoms with Crippen LogP contribution in [0.2, 0.25) is 5.02 Å². The zero-order valence-electron chi connectivity index (χ0n) is 13.7. The minimum atomic E-state index is -0.130. The maximum Gasteiger partial charge on any atom is 0.277 e. The van der Waals surface area contributed by atoms with E-state index in [0.717, 1.165) is 11.3 Å². The summed E-state index contributed by atoms with van der Waals surface area (Å²) in [5.74, 6) is 1.19. The molecule has 3 rings (SSSR count). The number of para-hydroxylation sites is 1. The molecule has 0 saturated carbocycles. The molecule has 0 aliphatic carbocycles. The lowest BCUT2D eigenvalue weighted by atomic mass is 10.2. The molecule has 3 aromatic rings. The van der Waals surface area contributed by atoms with Crippen molar-refractivity contribution in [1.29, 1.82) is 0 Å². The molecule has 0 atom stereocenters. The molecule has 0 unspecified atom stereocenters. The minimum Gasteiger partial charge on any atom is -0.492 e. The Morgan fingerprint density at radius 3 is 2.81 bits per heavy atom. The van der Waals surface area contributed by atoms with Gasteiger partial charge in [-0.05, 0) is 30.3 Å². The van der Waals surface area contributed by atoms with Gasteiger partial charge in [-0.15, -0.1) is 10.2 Å². The Morgan fingerprint density at radius 2 is 2.00 bits per heavy atom. The SMILES string of the molecule is O=C(CSc1nnc(-c2cccc(Cl)c2)o1)NCCOc1ccccc1. The van der Waals surface area contributed by atoms with Crippen molar-refractivity contribution < 1.29 is 13.9 Å². The van der Waals surface area contributed by atoms with E-state index in [9.17, 15) is 4.79 Å². The van der Waals surface area contributed by atoms with Crippen LogP contribution in [-0.2, 0) is 4.79 Å². The Labute approximate surface area is 159 Å². The molecule has 0 radical (unpaired) electrons. The van der Waals surface area contributed by atoms with E-state index < -0.39 is 0 Å². The number of carbonyl (C=O) groups excluding carboxylic acids is 1. The quantitative estimate of drug-likeness (QED) is 0.467. The van der Waals surface area contributed by atoms with Crippen LogP contribution in [-0.4, -0.2) is 35.0 Å². The zero-order valence-corrected chi connectivity index (χ0v) is 15.3. The van der Waals surface area contributed by atoms with E-state index >= 15 is 0 Å². The van der Waals surface area contributed by atoms with Gasteiger partial charge in [0.1, 0.15) is 12.4 Å². The maximum absolute atomic E-state index is 11.9. The molecule has 0 fully saturated rings. The van der Waals surface area contributed by atoms with Gasteiger partial charge in [0.15, 0.2) is 0 Å². The highest BCUT2D eigenvalue weighted by Gasteiger charge is 2.11. The Morgan fingerprint density at radius 1 is 1.15 bits per heavy atom. The van der Waals surface area contributed by atoms with Crippen LogP contribution in [0.1, 0.15) is 0 Å².